The molecule has 0 unspecified atom stereocenters. The number of nitrogens with one attached hydrogen (secondary N) is 1. The molecule has 1 N–H and O–H groups in total. The summed E-state index contributed by atoms with van der Waals surface area (Å²) in [5, 5.41) is 11.9. The van der Waals surface area contributed by atoms with Gasteiger partial charge in [-0.15, -0.1) is 12.4 Å². The van der Waals surface area contributed by atoms with E-state index in [1.54, 1.807) is 23.0 Å². The molecule has 2 aliphatic rings. The van der Waals surface area contributed by atoms with Crippen molar-refractivity contribution < 1.29 is 18.4 Å². The number of hydrogen-bond donors (Lipinski definition) is 1. The zero-order valence-electron chi connectivity index (χ0n) is 17.4. The van der Waals surface area contributed by atoms with E-state index in [2.05, 4.69) is 25.5 Å². The lowest BCUT2D eigenvalue weighted by molar-refractivity contribution is -0.117. The fourth-order valence-corrected chi connectivity index (χ4v) is 4.06. The van der Waals surface area contributed by atoms with E-state index < -0.39 is 5.82 Å². The molecular formula is C21H22ClFN6O3. The molecule has 32 heavy (non-hydrogen) atoms. The normalized spacial score (nSPS) is 16.3. The fourth-order valence-electron chi connectivity index (χ4n) is 4.06. The molecule has 1 aromatic carbocycles. The number of hydrogen-bond acceptors (Lipinski definition) is 7. The summed E-state index contributed by atoms with van der Waals surface area (Å²) in [6.45, 7) is 1.78. The number of piperidine rings is 1. The van der Waals surface area contributed by atoms with E-state index in [-0.39, 0.29) is 42.8 Å². The van der Waals surface area contributed by atoms with Gasteiger partial charge in [0.25, 0.3) is 5.91 Å². The molecule has 0 saturated carbocycles. The van der Waals surface area contributed by atoms with Crippen LogP contribution in [-0.2, 0) is 17.6 Å². The molecule has 2 aliphatic heterocycles. The molecule has 1 saturated heterocycles. The highest BCUT2D eigenvalue weighted by atomic mass is 35.5. The van der Waals surface area contributed by atoms with E-state index in [1.807, 2.05) is 0 Å². The van der Waals surface area contributed by atoms with Crippen molar-refractivity contribution in [2.75, 3.05) is 20.2 Å². The average Bonchev–Trinajstić information content (AvgIpc) is 3.40. The summed E-state index contributed by atoms with van der Waals surface area (Å²) in [7, 11) is 1.42. The zero-order valence-corrected chi connectivity index (χ0v) is 18.2. The number of methoxy groups -OCH3 is 1. The second-order valence-electron chi connectivity index (χ2n) is 7.64. The Balaban J connectivity index is 0.00000245. The quantitative estimate of drug-likeness (QED) is 0.623. The first kappa shape index (κ1) is 22.1. The van der Waals surface area contributed by atoms with Crippen LogP contribution < -0.4 is 10.1 Å². The Labute approximate surface area is 189 Å². The number of aliphatic imine (C=N–C) groups is 1. The summed E-state index contributed by atoms with van der Waals surface area (Å²) in [6, 6.07) is 4.68. The number of carbonyl (C=O) groups excluding carboxylic acids is 1. The van der Waals surface area contributed by atoms with Gasteiger partial charge in [-0.3, -0.25) is 4.79 Å². The maximum atomic E-state index is 13.9. The van der Waals surface area contributed by atoms with Crippen LogP contribution in [0.3, 0.4) is 0 Å². The number of halogens is 2. The predicted molar refractivity (Wildman–Crippen MR) is 116 cm³/mol. The topological polar surface area (TPSA) is 107 Å². The fraction of sp³-hybridized carbons (Fsp3) is 0.381. The van der Waals surface area contributed by atoms with Gasteiger partial charge in [0.2, 0.25) is 11.7 Å². The van der Waals surface area contributed by atoms with Crippen LogP contribution in [0.4, 0.5) is 4.39 Å². The van der Waals surface area contributed by atoms with Crippen molar-refractivity contribution in [1.82, 2.24) is 25.2 Å². The van der Waals surface area contributed by atoms with Gasteiger partial charge in [-0.1, -0.05) is 11.2 Å². The van der Waals surface area contributed by atoms with Crippen molar-refractivity contribution in [1.29, 1.82) is 0 Å². The molecule has 168 valence electrons. The minimum atomic E-state index is -0.450. The predicted octanol–water partition coefficient (Wildman–Crippen LogP) is 2.42. The summed E-state index contributed by atoms with van der Waals surface area (Å²) in [4.78, 5) is 21.1. The summed E-state index contributed by atoms with van der Waals surface area (Å²) >= 11 is 0. The molecule has 0 bridgehead atoms. The second kappa shape index (κ2) is 9.17. The Hall–Kier alpha value is -3.11. The Morgan fingerprint density at radius 1 is 1.31 bits per heavy atom. The molecule has 2 aromatic heterocycles. The van der Waals surface area contributed by atoms with Gasteiger partial charge in [0.05, 0.1) is 37.4 Å². The first-order chi connectivity index (χ1) is 15.1. The Morgan fingerprint density at radius 2 is 2.12 bits per heavy atom. The third-order valence-corrected chi connectivity index (χ3v) is 5.63. The van der Waals surface area contributed by atoms with Gasteiger partial charge in [-0.05, 0) is 43.6 Å². The Bertz CT molecular complexity index is 1170. The number of fused-ring (bicyclic) bond motifs is 1. The maximum absolute atomic E-state index is 13.9. The summed E-state index contributed by atoms with van der Waals surface area (Å²) in [6.07, 6.45) is 3.87. The molecule has 0 spiro atoms. The van der Waals surface area contributed by atoms with E-state index in [0.29, 0.717) is 28.7 Å². The van der Waals surface area contributed by atoms with Gasteiger partial charge in [-0.25, -0.2) is 9.07 Å². The van der Waals surface area contributed by atoms with E-state index in [9.17, 15) is 9.18 Å². The lowest BCUT2D eigenvalue weighted by atomic mass is 9.95. The van der Waals surface area contributed by atoms with Crippen LogP contribution in [0.5, 0.6) is 5.75 Å². The lowest BCUT2D eigenvalue weighted by Crippen LogP contribution is -2.38. The molecule has 5 rings (SSSR count). The standard InChI is InChI=1S/C21H21FN6O3.ClH/c1-30-17-3-2-12(8-15(17)22)9-19-26-20(27-31-19)14-11-24-28-16(14)10-18(29)25-21(28)13-4-6-23-7-5-13;/h2-3,8,11,13,23H,4-7,9-10H2,1H3;1H. The second-order valence-corrected chi connectivity index (χ2v) is 7.64. The minimum Gasteiger partial charge on any atom is -0.494 e. The van der Waals surface area contributed by atoms with Crippen LogP contribution in [-0.4, -0.2) is 51.9 Å². The van der Waals surface area contributed by atoms with Crippen molar-refractivity contribution in [3.63, 3.8) is 0 Å². The number of rotatable bonds is 5. The molecule has 3 aromatic rings. The van der Waals surface area contributed by atoms with Crippen molar-refractivity contribution in [3.05, 3.63) is 47.4 Å². The Morgan fingerprint density at radius 3 is 2.88 bits per heavy atom. The number of amides is 1. The highest BCUT2D eigenvalue weighted by molar-refractivity contribution is 6.01. The molecule has 9 nitrogen and oxygen atoms in total. The van der Waals surface area contributed by atoms with Gasteiger partial charge in [0.15, 0.2) is 11.6 Å². The molecule has 1 amide bonds. The van der Waals surface area contributed by atoms with Crippen molar-refractivity contribution in [2.45, 2.75) is 25.7 Å². The number of carbonyl (C=O) groups is 1. The highest BCUT2D eigenvalue weighted by Crippen LogP contribution is 2.27. The van der Waals surface area contributed by atoms with Gasteiger partial charge in [0.1, 0.15) is 5.84 Å². The summed E-state index contributed by atoms with van der Waals surface area (Å²) in [5.41, 5.74) is 2.04. The van der Waals surface area contributed by atoms with Crippen LogP contribution in [0.25, 0.3) is 11.4 Å². The minimum absolute atomic E-state index is 0. The van der Waals surface area contributed by atoms with E-state index in [0.717, 1.165) is 31.6 Å². The van der Waals surface area contributed by atoms with E-state index >= 15 is 0 Å². The first-order valence-corrected chi connectivity index (χ1v) is 10.2. The van der Waals surface area contributed by atoms with Crippen LogP contribution >= 0.6 is 12.4 Å². The van der Waals surface area contributed by atoms with Crippen molar-refractivity contribution in [2.24, 2.45) is 10.9 Å². The number of nitrogens with zero attached hydrogens (tertiary/aromatic N) is 5. The van der Waals surface area contributed by atoms with Crippen LogP contribution in [0.2, 0.25) is 0 Å². The lowest BCUT2D eigenvalue weighted by Gasteiger charge is -2.26. The molecule has 0 atom stereocenters. The molecule has 11 heteroatoms. The monoisotopic (exact) mass is 460 g/mol. The highest BCUT2D eigenvalue weighted by Gasteiger charge is 2.30. The number of ether oxygens (including phenoxy) is 1. The van der Waals surface area contributed by atoms with Crippen LogP contribution in [0.1, 0.15) is 30.0 Å². The van der Waals surface area contributed by atoms with Gasteiger partial charge in [-0.2, -0.15) is 15.1 Å². The van der Waals surface area contributed by atoms with Crippen LogP contribution in [0, 0.1) is 11.7 Å². The summed E-state index contributed by atoms with van der Waals surface area (Å²) < 4.78 is 26.0. The smallest absolute Gasteiger partial charge is 0.253 e. The zero-order chi connectivity index (χ0) is 21.4. The molecule has 1 fully saturated rings. The van der Waals surface area contributed by atoms with E-state index in [4.69, 9.17) is 9.26 Å². The SMILES string of the molecule is COc1ccc(Cc2nc(-c3cnn4c3CC(=O)N=C4C3CCNCC3)no2)cc1F.Cl. The third kappa shape index (κ3) is 4.15. The Kier molecular flexibility index (Phi) is 6.33. The largest absolute Gasteiger partial charge is 0.494 e. The van der Waals surface area contributed by atoms with Crippen LogP contribution in [0.15, 0.2) is 33.9 Å². The third-order valence-electron chi connectivity index (χ3n) is 5.63. The van der Waals surface area contributed by atoms with Gasteiger partial charge >= 0.3 is 0 Å². The maximum Gasteiger partial charge on any atom is 0.253 e. The van der Waals surface area contributed by atoms with Gasteiger partial charge in [0, 0.05) is 5.92 Å². The summed E-state index contributed by atoms with van der Waals surface area (Å²) in [5.74, 6) is 1.10. The average molecular weight is 461 g/mol. The first-order valence-electron chi connectivity index (χ1n) is 10.2. The number of benzene rings is 1. The van der Waals surface area contributed by atoms with Crippen molar-refractivity contribution >= 4 is 24.1 Å². The molecular weight excluding hydrogens is 439 g/mol. The van der Waals surface area contributed by atoms with E-state index in [1.165, 1.54) is 13.2 Å². The molecule has 0 radical (unpaired) electrons. The number of aromatic nitrogens is 4. The van der Waals surface area contributed by atoms with Gasteiger partial charge < -0.3 is 14.6 Å². The molecule has 4 heterocycles. The molecule has 0 aliphatic carbocycles. The van der Waals surface area contributed by atoms with Crippen molar-refractivity contribution in [3.8, 4) is 17.1 Å².